The monoisotopic (exact) mass is 423 g/mol. The second-order valence-electron chi connectivity index (χ2n) is 8.00. The van der Waals surface area contributed by atoms with E-state index in [2.05, 4.69) is 0 Å². The van der Waals surface area contributed by atoms with Gasteiger partial charge in [0.05, 0.1) is 17.5 Å². The highest BCUT2D eigenvalue weighted by Crippen LogP contribution is 2.44. The maximum Gasteiger partial charge on any atom is 0.300 e. The molecule has 0 saturated carbocycles. The highest BCUT2D eigenvalue weighted by atomic mass is 16.3. The Hall–Kier alpha value is -4.12. The Morgan fingerprint density at radius 1 is 0.938 bits per heavy atom. The number of aliphatic hydroxyl groups is 1. The number of aliphatic hydroxyl groups excluding tert-OH is 1. The number of nitrogens with zero attached hydrogens (tertiary/aromatic N) is 1. The van der Waals surface area contributed by atoms with Gasteiger partial charge in [0, 0.05) is 10.9 Å². The van der Waals surface area contributed by atoms with Crippen LogP contribution in [0, 0.1) is 13.8 Å². The van der Waals surface area contributed by atoms with Crippen LogP contribution < -0.4 is 4.90 Å². The van der Waals surface area contributed by atoms with E-state index in [-0.39, 0.29) is 11.3 Å². The summed E-state index contributed by atoms with van der Waals surface area (Å²) in [7, 11) is 0. The number of hydrogen-bond acceptors (Lipinski definition) is 4. The summed E-state index contributed by atoms with van der Waals surface area (Å²) in [6, 6.07) is 21.5. The van der Waals surface area contributed by atoms with Crippen LogP contribution in [0.4, 0.5) is 5.69 Å². The molecule has 1 aliphatic heterocycles. The molecule has 0 radical (unpaired) electrons. The number of carbonyl (C=O) groups is 2. The van der Waals surface area contributed by atoms with Gasteiger partial charge in [-0.25, -0.2) is 0 Å². The lowest BCUT2D eigenvalue weighted by Gasteiger charge is -2.25. The van der Waals surface area contributed by atoms with E-state index in [0.29, 0.717) is 17.0 Å². The fraction of sp³-hybridized carbons (Fsp3) is 0.111. The predicted molar refractivity (Wildman–Crippen MR) is 123 cm³/mol. The van der Waals surface area contributed by atoms with Gasteiger partial charge in [-0.2, -0.15) is 0 Å². The minimum atomic E-state index is -0.879. The fourth-order valence-electron chi connectivity index (χ4n) is 4.35. The molecule has 1 atom stereocenters. The molecular formula is C27H21NO4. The molecule has 1 fully saturated rings. The molecule has 3 aromatic carbocycles. The predicted octanol–water partition coefficient (Wildman–Crippen LogP) is 5.68. The average Bonchev–Trinajstić information content (AvgIpc) is 3.42. The first-order chi connectivity index (χ1) is 15.5. The van der Waals surface area contributed by atoms with Crippen molar-refractivity contribution < 1.29 is 19.1 Å². The molecule has 1 unspecified atom stereocenters. The van der Waals surface area contributed by atoms with Gasteiger partial charge in [0.1, 0.15) is 17.6 Å². The zero-order valence-corrected chi connectivity index (χ0v) is 17.7. The van der Waals surface area contributed by atoms with Crippen LogP contribution in [0.3, 0.4) is 0 Å². The Morgan fingerprint density at radius 2 is 1.72 bits per heavy atom. The van der Waals surface area contributed by atoms with Crippen molar-refractivity contribution in [1.82, 2.24) is 0 Å². The molecule has 1 aliphatic rings. The van der Waals surface area contributed by atoms with Gasteiger partial charge in [-0.1, -0.05) is 54.1 Å². The molecule has 2 heterocycles. The van der Waals surface area contributed by atoms with Crippen LogP contribution in [0.1, 0.15) is 28.5 Å². The second kappa shape index (κ2) is 7.54. The lowest BCUT2D eigenvalue weighted by Crippen LogP contribution is -2.29. The van der Waals surface area contributed by atoms with Crippen molar-refractivity contribution in [2.24, 2.45) is 0 Å². The number of aryl methyl sites for hydroxylation is 2. The van der Waals surface area contributed by atoms with Crippen LogP contribution in [0.5, 0.6) is 0 Å². The zero-order valence-electron chi connectivity index (χ0n) is 17.7. The van der Waals surface area contributed by atoms with Gasteiger partial charge in [0.25, 0.3) is 11.7 Å². The van der Waals surface area contributed by atoms with Gasteiger partial charge in [-0.3, -0.25) is 14.5 Å². The summed E-state index contributed by atoms with van der Waals surface area (Å²) in [6.45, 7) is 3.77. The van der Waals surface area contributed by atoms with Gasteiger partial charge in [-0.05, 0) is 49.1 Å². The minimum absolute atomic E-state index is 0.0200. The third kappa shape index (κ3) is 3.02. The summed E-state index contributed by atoms with van der Waals surface area (Å²) in [5.74, 6) is -1.23. The number of anilines is 1. The van der Waals surface area contributed by atoms with Crippen LogP contribution in [0.2, 0.25) is 0 Å². The third-order valence-corrected chi connectivity index (χ3v) is 5.93. The Labute approximate surface area is 185 Å². The summed E-state index contributed by atoms with van der Waals surface area (Å²) >= 11 is 0. The highest BCUT2D eigenvalue weighted by Gasteiger charge is 2.48. The first-order valence-corrected chi connectivity index (χ1v) is 10.4. The van der Waals surface area contributed by atoms with E-state index in [1.54, 1.807) is 18.2 Å². The Morgan fingerprint density at radius 3 is 2.50 bits per heavy atom. The van der Waals surface area contributed by atoms with Crippen molar-refractivity contribution in [2.75, 3.05) is 4.90 Å². The molecule has 1 saturated heterocycles. The van der Waals surface area contributed by atoms with Crippen molar-refractivity contribution >= 4 is 33.9 Å². The topological polar surface area (TPSA) is 70.8 Å². The summed E-state index contributed by atoms with van der Waals surface area (Å²) in [6.07, 6.45) is 1.50. The summed E-state index contributed by atoms with van der Waals surface area (Å²) in [5, 5.41) is 13.1. The van der Waals surface area contributed by atoms with Crippen LogP contribution >= 0.6 is 0 Å². The molecular weight excluding hydrogens is 402 g/mol. The van der Waals surface area contributed by atoms with E-state index < -0.39 is 17.7 Å². The van der Waals surface area contributed by atoms with Gasteiger partial charge < -0.3 is 9.52 Å². The van der Waals surface area contributed by atoms with Gasteiger partial charge in [0.2, 0.25) is 0 Å². The highest BCUT2D eigenvalue weighted by molar-refractivity contribution is 6.52. The number of rotatable bonds is 3. The first-order valence-electron chi connectivity index (χ1n) is 10.4. The molecule has 1 N–H and O–H groups in total. The fourth-order valence-corrected chi connectivity index (χ4v) is 4.35. The number of furan rings is 1. The Balaban J connectivity index is 1.79. The van der Waals surface area contributed by atoms with Crippen molar-refractivity contribution in [3.63, 3.8) is 0 Å². The third-order valence-electron chi connectivity index (χ3n) is 5.93. The van der Waals surface area contributed by atoms with E-state index in [1.807, 2.05) is 68.4 Å². The molecule has 0 aliphatic carbocycles. The lowest BCUT2D eigenvalue weighted by atomic mass is 9.95. The number of hydrogen-bond donors (Lipinski definition) is 1. The maximum absolute atomic E-state index is 13.3. The zero-order chi connectivity index (χ0) is 22.4. The number of carbonyl (C=O) groups excluding carboxylic acids is 2. The van der Waals surface area contributed by atoms with Crippen LogP contribution in [0.25, 0.3) is 16.5 Å². The van der Waals surface area contributed by atoms with Crippen molar-refractivity contribution in [2.45, 2.75) is 19.9 Å². The molecule has 5 heteroatoms. The van der Waals surface area contributed by atoms with Crippen molar-refractivity contribution in [1.29, 1.82) is 0 Å². The van der Waals surface area contributed by atoms with E-state index in [1.165, 1.54) is 11.2 Å². The minimum Gasteiger partial charge on any atom is -0.507 e. The van der Waals surface area contributed by atoms with E-state index in [9.17, 15) is 14.7 Å². The molecule has 1 aromatic heterocycles. The summed E-state index contributed by atoms with van der Waals surface area (Å²) in [5.41, 5.74) is 2.88. The molecule has 0 bridgehead atoms. The first kappa shape index (κ1) is 19.8. The molecule has 1 amide bonds. The van der Waals surface area contributed by atoms with Crippen LogP contribution in [-0.4, -0.2) is 16.8 Å². The summed E-state index contributed by atoms with van der Waals surface area (Å²) in [4.78, 5) is 28.1. The molecule has 4 aromatic rings. The van der Waals surface area contributed by atoms with Gasteiger partial charge in [-0.15, -0.1) is 0 Å². The van der Waals surface area contributed by atoms with Crippen molar-refractivity contribution in [3.05, 3.63) is 107 Å². The van der Waals surface area contributed by atoms with Crippen molar-refractivity contribution in [3.8, 4) is 0 Å². The van der Waals surface area contributed by atoms with Gasteiger partial charge in [0.15, 0.2) is 0 Å². The quantitative estimate of drug-likeness (QED) is 0.262. The molecule has 5 rings (SSSR count). The molecule has 5 nitrogen and oxygen atoms in total. The molecule has 32 heavy (non-hydrogen) atoms. The van der Waals surface area contributed by atoms with E-state index >= 15 is 0 Å². The molecule has 0 spiro atoms. The SMILES string of the molecule is Cc1ccc(C)c(/C(O)=C2/C(=O)C(=O)N(c3cccc4ccccc34)C2c2ccco2)c1. The normalized spacial score (nSPS) is 17.9. The smallest absolute Gasteiger partial charge is 0.300 e. The number of fused-ring (bicyclic) bond motifs is 1. The van der Waals surface area contributed by atoms with Crippen LogP contribution in [0.15, 0.2) is 89.0 Å². The number of ketones is 1. The Kier molecular flexibility index (Phi) is 4.67. The van der Waals surface area contributed by atoms with E-state index in [0.717, 1.165) is 21.9 Å². The van der Waals surface area contributed by atoms with Gasteiger partial charge >= 0.3 is 0 Å². The number of Topliss-reactive ketones (excluding diaryl/α,β-unsaturated/α-hetero) is 1. The van der Waals surface area contributed by atoms with E-state index in [4.69, 9.17) is 4.42 Å². The number of benzene rings is 3. The lowest BCUT2D eigenvalue weighted by molar-refractivity contribution is -0.132. The number of amides is 1. The standard InChI is InChI=1S/C27H21NO4/c1-16-12-13-17(2)20(15-16)25(29)23-24(22-11-6-14-32-22)28(27(31)26(23)30)21-10-5-8-18-7-3-4-9-19(18)21/h3-15,24,29H,1-2H3/b25-23-. The van der Waals surface area contributed by atoms with Crippen LogP contribution in [-0.2, 0) is 9.59 Å². The average molecular weight is 423 g/mol. The second-order valence-corrected chi connectivity index (χ2v) is 8.00. The Bertz CT molecular complexity index is 1390. The summed E-state index contributed by atoms with van der Waals surface area (Å²) < 4.78 is 5.66. The maximum atomic E-state index is 13.3. The molecule has 158 valence electrons. The largest absolute Gasteiger partial charge is 0.507 e.